The third kappa shape index (κ3) is 5.05. The van der Waals surface area contributed by atoms with E-state index in [2.05, 4.69) is 25.8 Å². The molecule has 2 heteroatoms. The highest BCUT2D eigenvalue weighted by molar-refractivity contribution is 5.91. The van der Waals surface area contributed by atoms with Crippen LogP contribution in [-0.2, 0) is 0 Å². The molecule has 0 aromatic rings. The summed E-state index contributed by atoms with van der Waals surface area (Å²) in [5.41, 5.74) is -0.0701. The first-order valence-electron chi connectivity index (χ1n) is 4.27. The van der Waals surface area contributed by atoms with E-state index in [0.29, 0.717) is 5.84 Å². The summed E-state index contributed by atoms with van der Waals surface area (Å²) in [6.45, 7) is 12.2. The number of aliphatic imine (C=N–C) groups is 1. The lowest BCUT2D eigenvalue weighted by Gasteiger charge is -2.17. The van der Waals surface area contributed by atoms with Gasteiger partial charge in [-0.25, -0.2) is 4.99 Å². The second-order valence-corrected chi connectivity index (χ2v) is 5.22. The highest BCUT2D eigenvalue weighted by atomic mass is 14.8. The molecule has 0 atom stereocenters. The summed E-state index contributed by atoms with van der Waals surface area (Å²) in [5.74, 6) is 0.442. The molecule has 0 saturated heterocycles. The molecule has 0 aliphatic rings. The average molecular weight is 168 g/mol. The van der Waals surface area contributed by atoms with Gasteiger partial charge in [-0.15, -0.1) is 0 Å². The van der Waals surface area contributed by atoms with E-state index in [-0.39, 0.29) is 10.8 Å². The SMILES string of the molecule is CC(C)(C)C=NC(=N)C(C)(C)C. The topological polar surface area (TPSA) is 36.2 Å². The van der Waals surface area contributed by atoms with Crippen LogP contribution in [-0.4, -0.2) is 12.1 Å². The number of rotatable bonds is 0. The predicted molar refractivity (Wildman–Crippen MR) is 55.1 cm³/mol. The van der Waals surface area contributed by atoms with Gasteiger partial charge in [-0.1, -0.05) is 41.5 Å². The van der Waals surface area contributed by atoms with E-state index < -0.39 is 0 Å². The van der Waals surface area contributed by atoms with Crippen LogP contribution in [0.25, 0.3) is 0 Å². The van der Waals surface area contributed by atoms with E-state index in [1.807, 2.05) is 27.0 Å². The lowest BCUT2D eigenvalue weighted by Crippen LogP contribution is -2.18. The molecule has 1 N–H and O–H groups in total. The van der Waals surface area contributed by atoms with Crippen molar-refractivity contribution in [3.05, 3.63) is 0 Å². The third-order valence-corrected chi connectivity index (χ3v) is 1.29. The van der Waals surface area contributed by atoms with Crippen LogP contribution in [0.2, 0.25) is 0 Å². The standard InChI is InChI=1S/C10H20N2/c1-9(2,3)7-12-8(11)10(4,5)6/h7,11H,1-6H3. The summed E-state index contributed by atoms with van der Waals surface area (Å²) in [4.78, 5) is 4.12. The molecule has 0 unspecified atom stereocenters. The largest absolute Gasteiger partial charge is 0.286 e. The van der Waals surface area contributed by atoms with Crippen LogP contribution in [0.15, 0.2) is 4.99 Å². The lowest BCUT2D eigenvalue weighted by atomic mass is 9.94. The Balaban J connectivity index is 4.30. The summed E-state index contributed by atoms with van der Waals surface area (Å²) >= 11 is 0. The van der Waals surface area contributed by atoms with Crippen molar-refractivity contribution < 1.29 is 0 Å². The van der Waals surface area contributed by atoms with Crippen LogP contribution in [0, 0.1) is 16.2 Å². The van der Waals surface area contributed by atoms with E-state index in [9.17, 15) is 0 Å². The number of nitrogens with one attached hydrogen (secondary N) is 1. The minimum atomic E-state index is -0.137. The van der Waals surface area contributed by atoms with Crippen LogP contribution < -0.4 is 0 Å². The molecule has 0 saturated carbocycles. The summed E-state index contributed by atoms with van der Waals surface area (Å²) < 4.78 is 0. The van der Waals surface area contributed by atoms with Crippen molar-refractivity contribution in [2.24, 2.45) is 15.8 Å². The number of hydrogen-bond acceptors (Lipinski definition) is 1. The molecule has 0 aromatic heterocycles. The Morgan fingerprint density at radius 1 is 1.08 bits per heavy atom. The molecular formula is C10H20N2. The molecule has 0 aliphatic carbocycles. The minimum Gasteiger partial charge on any atom is -0.286 e. The van der Waals surface area contributed by atoms with E-state index in [1.54, 1.807) is 0 Å². The molecule has 0 spiro atoms. The summed E-state index contributed by atoms with van der Waals surface area (Å²) in [6.07, 6.45) is 1.83. The van der Waals surface area contributed by atoms with Crippen molar-refractivity contribution in [2.75, 3.05) is 0 Å². The molecule has 12 heavy (non-hydrogen) atoms. The normalized spacial score (nSPS) is 13.8. The Morgan fingerprint density at radius 3 is 1.75 bits per heavy atom. The predicted octanol–water partition coefficient (Wildman–Crippen LogP) is 3.13. The van der Waals surface area contributed by atoms with Gasteiger partial charge in [0.1, 0.15) is 5.84 Å². The van der Waals surface area contributed by atoms with Crippen LogP contribution in [0.4, 0.5) is 0 Å². The first-order chi connectivity index (χ1) is 5.13. The Labute approximate surface area is 75.6 Å². The Morgan fingerprint density at radius 2 is 1.50 bits per heavy atom. The maximum atomic E-state index is 7.62. The molecule has 2 nitrogen and oxygen atoms in total. The van der Waals surface area contributed by atoms with Gasteiger partial charge in [0, 0.05) is 11.6 Å². The molecule has 0 rings (SSSR count). The zero-order valence-electron chi connectivity index (χ0n) is 9.02. The number of nitrogens with zero attached hydrogens (tertiary/aromatic N) is 1. The van der Waals surface area contributed by atoms with E-state index in [4.69, 9.17) is 5.41 Å². The van der Waals surface area contributed by atoms with Gasteiger partial charge in [0.25, 0.3) is 0 Å². The molecular weight excluding hydrogens is 148 g/mol. The van der Waals surface area contributed by atoms with Crippen molar-refractivity contribution in [3.63, 3.8) is 0 Å². The summed E-state index contributed by atoms with van der Waals surface area (Å²) in [6, 6.07) is 0. The number of hydrogen-bond donors (Lipinski definition) is 1. The Kier molecular flexibility index (Phi) is 3.19. The van der Waals surface area contributed by atoms with Crippen LogP contribution >= 0.6 is 0 Å². The lowest BCUT2D eigenvalue weighted by molar-refractivity contribution is 0.576. The summed E-state index contributed by atoms with van der Waals surface area (Å²) in [7, 11) is 0. The average Bonchev–Trinajstić information content (AvgIpc) is 1.78. The smallest absolute Gasteiger partial charge is 0.125 e. The van der Waals surface area contributed by atoms with E-state index in [1.165, 1.54) is 0 Å². The van der Waals surface area contributed by atoms with Crippen molar-refractivity contribution in [2.45, 2.75) is 41.5 Å². The maximum Gasteiger partial charge on any atom is 0.125 e. The van der Waals surface area contributed by atoms with Crippen LogP contribution in [0.5, 0.6) is 0 Å². The third-order valence-electron chi connectivity index (χ3n) is 1.29. The fourth-order valence-corrected chi connectivity index (χ4v) is 0.452. The maximum absolute atomic E-state index is 7.62. The second kappa shape index (κ2) is 3.38. The monoisotopic (exact) mass is 168 g/mol. The van der Waals surface area contributed by atoms with Gasteiger partial charge in [-0.3, -0.25) is 5.41 Å². The highest BCUT2D eigenvalue weighted by Crippen LogP contribution is 2.16. The zero-order chi connectivity index (χ0) is 9.99. The fraction of sp³-hybridized carbons (Fsp3) is 0.800. The van der Waals surface area contributed by atoms with Gasteiger partial charge in [0.15, 0.2) is 0 Å². The molecule has 70 valence electrons. The van der Waals surface area contributed by atoms with Crippen molar-refractivity contribution in [1.82, 2.24) is 0 Å². The Hall–Kier alpha value is -0.660. The van der Waals surface area contributed by atoms with Gasteiger partial charge in [0.05, 0.1) is 0 Å². The molecule has 0 fully saturated rings. The summed E-state index contributed by atoms with van der Waals surface area (Å²) in [5, 5.41) is 7.62. The Bertz CT molecular complexity index is 189. The number of amidine groups is 1. The molecule has 0 bridgehead atoms. The molecule has 0 aromatic carbocycles. The van der Waals surface area contributed by atoms with Gasteiger partial charge < -0.3 is 0 Å². The van der Waals surface area contributed by atoms with E-state index in [0.717, 1.165) is 0 Å². The molecule has 0 radical (unpaired) electrons. The molecule has 0 aliphatic heterocycles. The second-order valence-electron chi connectivity index (χ2n) is 5.22. The van der Waals surface area contributed by atoms with Gasteiger partial charge in [-0.05, 0) is 5.41 Å². The fourth-order valence-electron chi connectivity index (χ4n) is 0.452. The van der Waals surface area contributed by atoms with Gasteiger partial charge >= 0.3 is 0 Å². The quantitative estimate of drug-likeness (QED) is 0.426. The first-order valence-corrected chi connectivity index (χ1v) is 4.27. The van der Waals surface area contributed by atoms with Crippen molar-refractivity contribution in [3.8, 4) is 0 Å². The first kappa shape index (κ1) is 11.3. The minimum absolute atomic E-state index is 0.0670. The van der Waals surface area contributed by atoms with Crippen molar-refractivity contribution >= 4 is 12.1 Å². The molecule has 0 heterocycles. The van der Waals surface area contributed by atoms with E-state index >= 15 is 0 Å². The van der Waals surface area contributed by atoms with Gasteiger partial charge in [-0.2, -0.15) is 0 Å². The highest BCUT2D eigenvalue weighted by Gasteiger charge is 2.16. The van der Waals surface area contributed by atoms with Crippen LogP contribution in [0.3, 0.4) is 0 Å². The zero-order valence-corrected chi connectivity index (χ0v) is 9.02. The molecule has 0 amide bonds. The van der Waals surface area contributed by atoms with Gasteiger partial charge in [0.2, 0.25) is 0 Å². The van der Waals surface area contributed by atoms with Crippen LogP contribution in [0.1, 0.15) is 41.5 Å². The van der Waals surface area contributed by atoms with Crippen molar-refractivity contribution in [1.29, 1.82) is 5.41 Å².